The van der Waals surface area contributed by atoms with Crippen molar-refractivity contribution < 1.29 is 14.0 Å². The minimum absolute atomic E-state index is 0.00870. The zero-order valence-corrected chi connectivity index (χ0v) is 24.2. The molecule has 2 N–H and O–H groups in total. The van der Waals surface area contributed by atoms with Crippen molar-refractivity contribution >= 4 is 49.6 Å². The standard InChI is InChI=1S/C31H31BrFN5O3/c32-25-12-20-10-21(31(41)38(15-17-4-5-17)16-24(20)23-14-34-36-29(23)25)13-27(39)37-8-6-18(7-9-37)22-11-19-2-1-3-26(33)28(19)35-30(22)40/h1-3,11-12,14,17-18,21H,4-10,13,15-16H2,(H,34,36)(H,35,40)/t21-/m0/s1. The third kappa shape index (κ3) is 4.96. The van der Waals surface area contributed by atoms with Crippen LogP contribution in [0.15, 0.2) is 45.8 Å². The van der Waals surface area contributed by atoms with E-state index in [1.807, 2.05) is 16.0 Å². The summed E-state index contributed by atoms with van der Waals surface area (Å²) < 4.78 is 15.0. The van der Waals surface area contributed by atoms with Gasteiger partial charge in [-0.05, 0) is 89.2 Å². The van der Waals surface area contributed by atoms with E-state index in [4.69, 9.17) is 0 Å². The van der Waals surface area contributed by atoms with Gasteiger partial charge in [-0.15, -0.1) is 0 Å². The number of aromatic amines is 2. The summed E-state index contributed by atoms with van der Waals surface area (Å²) >= 11 is 3.65. The summed E-state index contributed by atoms with van der Waals surface area (Å²) in [6.07, 6.45) is 6.09. The highest BCUT2D eigenvalue weighted by Gasteiger charge is 2.37. The Morgan fingerprint density at radius 1 is 1.10 bits per heavy atom. The van der Waals surface area contributed by atoms with E-state index in [0.717, 1.165) is 45.9 Å². The molecule has 1 saturated carbocycles. The van der Waals surface area contributed by atoms with Crippen LogP contribution in [0.1, 0.15) is 54.7 Å². The van der Waals surface area contributed by atoms with E-state index >= 15 is 0 Å². The van der Waals surface area contributed by atoms with Crippen molar-refractivity contribution in [1.29, 1.82) is 0 Å². The van der Waals surface area contributed by atoms with Crippen LogP contribution in [-0.4, -0.2) is 56.4 Å². The average Bonchev–Trinajstić information content (AvgIpc) is 3.67. The third-order valence-corrected chi connectivity index (χ3v) is 9.74. The van der Waals surface area contributed by atoms with Gasteiger partial charge in [-0.1, -0.05) is 12.1 Å². The molecule has 0 unspecified atom stereocenters. The monoisotopic (exact) mass is 619 g/mol. The largest absolute Gasteiger partial charge is 0.343 e. The van der Waals surface area contributed by atoms with E-state index in [-0.39, 0.29) is 35.2 Å². The molecule has 2 aromatic carbocycles. The van der Waals surface area contributed by atoms with Crippen LogP contribution in [0.3, 0.4) is 0 Å². The Bertz CT molecular complexity index is 1740. The molecule has 8 nitrogen and oxygen atoms in total. The molecule has 0 bridgehead atoms. The lowest BCUT2D eigenvalue weighted by atomic mass is 9.88. The van der Waals surface area contributed by atoms with Crippen LogP contribution >= 0.6 is 15.9 Å². The van der Waals surface area contributed by atoms with Gasteiger partial charge < -0.3 is 14.8 Å². The lowest BCUT2D eigenvalue weighted by Gasteiger charge is -2.33. The van der Waals surface area contributed by atoms with Crippen molar-refractivity contribution in [1.82, 2.24) is 25.0 Å². The number of likely N-dealkylation sites (tertiary alicyclic amines) is 1. The quantitative estimate of drug-likeness (QED) is 0.328. The zero-order valence-electron chi connectivity index (χ0n) is 22.6. The smallest absolute Gasteiger partial charge is 0.251 e. The SMILES string of the molecule is O=C(C[C@@H]1Cc2cc(Br)c3[nH]ncc3c2CN(CC2CC2)C1=O)N1CCC(c2cc3cccc(F)c3[nH]c2=O)CC1. The number of carbonyl (C=O) groups is 2. The van der Waals surface area contributed by atoms with Gasteiger partial charge in [0.2, 0.25) is 11.8 Å². The highest BCUT2D eigenvalue weighted by Crippen LogP contribution is 2.37. The molecule has 4 heterocycles. The average molecular weight is 621 g/mol. The highest BCUT2D eigenvalue weighted by atomic mass is 79.9. The number of aromatic nitrogens is 3. The number of halogens is 2. The van der Waals surface area contributed by atoms with Crippen molar-refractivity contribution in [2.75, 3.05) is 19.6 Å². The number of fused-ring (bicyclic) bond motifs is 4. The Labute approximate surface area is 244 Å². The minimum atomic E-state index is -0.445. The molecule has 2 fully saturated rings. The second-order valence-corrected chi connectivity index (χ2v) is 12.7. The topological polar surface area (TPSA) is 102 Å². The number of piperidine rings is 1. The number of hydrogen-bond donors (Lipinski definition) is 2. The van der Waals surface area contributed by atoms with Gasteiger partial charge >= 0.3 is 0 Å². The second-order valence-electron chi connectivity index (χ2n) is 11.8. The van der Waals surface area contributed by atoms with E-state index in [1.165, 1.54) is 6.07 Å². The molecule has 10 heteroatoms. The van der Waals surface area contributed by atoms with Crippen LogP contribution < -0.4 is 5.56 Å². The van der Waals surface area contributed by atoms with Crippen LogP contribution in [-0.2, 0) is 22.6 Å². The maximum absolute atomic E-state index is 14.1. The summed E-state index contributed by atoms with van der Waals surface area (Å²) in [4.78, 5) is 46.7. The van der Waals surface area contributed by atoms with E-state index in [2.05, 4.69) is 37.2 Å². The normalized spacial score (nSPS) is 20.0. The molecule has 0 spiro atoms. The molecule has 1 atom stereocenters. The van der Waals surface area contributed by atoms with Gasteiger partial charge in [0.25, 0.3) is 5.56 Å². The molecule has 212 valence electrons. The maximum Gasteiger partial charge on any atom is 0.251 e. The molecule has 2 aromatic heterocycles. The van der Waals surface area contributed by atoms with E-state index in [1.54, 1.807) is 18.2 Å². The Morgan fingerprint density at radius 2 is 1.90 bits per heavy atom. The van der Waals surface area contributed by atoms with Crippen LogP contribution in [0.5, 0.6) is 0 Å². The first-order chi connectivity index (χ1) is 19.9. The molecule has 0 radical (unpaired) electrons. The Morgan fingerprint density at radius 3 is 2.68 bits per heavy atom. The van der Waals surface area contributed by atoms with E-state index < -0.39 is 11.7 Å². The summed E-state index contributed by atoms with van der Waals surface area (Å²) in [5.41, 5.74) is 3.71. The lowest BCUT2D eigenvalue weighted by molar-refractivity contribution is -0.142. The molecular weight excluding hydrogens is 589 g/mol. The Kier molecular flexibility index (Phi) is 6.68. The van der Waals surface area contributed by atoms with Crippen molar-refractivity contribution in [3.8, 4) is 0 Å². The molecule has 1 aliphatic carbocycles. The first-order valence-electron chi connectivity index (χ1n) is 14.4. The number of hydrogen-bond acceptors (Lipinski definition) is 4. The van der Waals surface area contributed by atoms with Gasteiger partial charge in [0, 0.05) is 53.4 Å². The molecule has 4 aromatic rings. The zero-order chi connectivity index (χ0) is 28.2. The minimum Gasteiger partial charge on any atom is -0.343 e. The van der Waals surface area contributed by atoms with Crippen molar-refractivity contribution in [2.24, 2.45) is 11.8 Å². The summed E-state index contributed by atoms with van der Waals surface area (Å²) in [5, 5.41) is 8.98. The third-order valence-electron chi connectivity index (χ3n) is 9.11. The number of pyridine rings is 1. The second kappa shape index (κ2) is 10.4. The van der Waals surface area contributed by atoms with Gasteiger partial charge in [-0.2, -0.15) is 5.10 Å². The van der Waals surface area contributed by atoms with Crippen molar-refractivity contribution in [3.05, 3.63) is 73.9 Å². The fourth-order valence-corrected chi connectivity index (χ4v) is 7.23. The number of nitrogens with zero attached hydrogens (tertiary/aromatic N) is 3. The number of nitrogens with one attached hydrogen (secondary N) is 2. The van der Waals surface area contributed by atoms with Crippen molar-refractivity contribution in [2.45, 2.75) is 51.0 Å². The van der Waals surface area contributed by atoms with E-state index in [9.17, 15) is 18.8 Å². The number of carbonyl (C=O) groups excluding carboxylic acids is 2. The van der Waals surface area contributed by atoms with Crippen molar-refractivity contribution in [3.63, 3.8) is 0 Å². The van der Waals surface area contributed by atoms with Crippen LogP contribution in [0.25, 0.3) is 21.8 Å². The fraction of sp³-hybridized carbons (Fsp3) is 0.419. The molecule has 41 heavy (non-hydrogen) atoms. The van der Waals surface area contributed by atoms with Gasteiger partial charge in [0.15, 0.2) is 0 Å². The number of benzene rings is 2. The fourth-order valence-electron chi connectivity index (χ4n) is 6.65. The number of amides is 2. The van der Waals surface area contributed by atoms with Gasteiger partial charge in [-0.3, -0.25) is 19.5 Å². The lowest BCUT2D eigenvalue weighted by Crippen LogP contribution is -2.42. The van der Waals surface area contributed by atoms with Gasteiger partial charge in [0.1, 0.15) is 5.82 Å². The molecule has 2 amide bonds. The summed E-state index contributed by atoms with van der Waals surface area (Å²) in [5.74, 6) is -0.297. The Hall–Kier alpha value is -3.53. The molecule has 7 rings (SSSR count). The highest BCUT2D eigenvalue weighted by molar-refractivity contribution is 9.10. The summed E-state index contributed by atoms with van der Waals surface area (Å²) in [7, 11) is 0. The molecule has 1 saturated heterocycles. The number of rotatable bonds is 5. The molecule has 3 aliphatic rings. The van der Waals surface area contributed by atoms with E-state index in [0.29, 0.717) is 55.8 Å². The first-order valence-corrected chi connectivity index (χ1v) is 15.2. The number of H-pyrrole nitrogens is 2. The van der Waals surface area contributed by atoms with Crippen LogP contribution in [0.4, 0.5) is 4.39 Å². The van der Waals surface area contributed by atoms with Crippen LogP contribution in [0, 0.1) is 17.7 Å². The van der Waals surface area contributed by atoms with Gasteiger partial charge in [0.05, 0.1) is 23.1 Å². The first kappa shape index (κ1) is 26.4. The molecular formula is C31H31BrFN5O3. The summed E-state index contributed by atoms with van der Waals surface area (Å²) in [6, 6.07) is 8.61. The van der Waals surface area contributed by atoms with Gasteiger partial charge in [-0.25, -0.2) is 4.39 Å². The maximum atomic E-state index is 14.1. The predicted octanol–water partition coefficient (Wildman–Crippen LogP) is 5.01. The molecule has 2 aliphatic heterocycles. The van der Waals surface area contributed by atoms with Crippen LogP contribution in [0.2, 0.25) is 0 Å². The Balaban J connectivity index is 1.08. The predicted molar refractivity (Wildman–Crippen MR) is 157 cm³/mol. The summed E-state index contributed by atoms with van der Waals surface area (Å²) in [6.45, 7) is 2.31. The number of para-hydroxylation sites is 1.